The molecule has 0 saturated carbocycles. The Balaban J connectivity index is 2.30. The number of rotatable bonds is 5. The van der Waals surface area contributed by atoms with Crippen LogP contribution >= 0.6 is 0 Å². The summed E-state index contributed by atoms with van der Waals surface area (Å²) in [5.41, 5.74) is 0.0740. The van der Waals surface area contributed by atoms with Crippen molar-refractivity contribution in [1.29, 1.82) is 0 Å². The van der Waals surface area contributed by atoms with Crippen molar-refractivity contribution in [3.63, 3.8) is 0 Å². The number of nitrogens with one attached hydrogen (secondary N) is 1. The second kappa shape index (κ2) is 6.49. The summed E-state index contributed by atoms with van der Waals surface area (Å²) in [6.07, 6.45) is -2.88. The molecule has 0 fully saturated rings. The first-order valence-electron chi connectivity index (χ1n) is 6.38. The van der Waals surface area contributed by atoms with Gasteiger partial charge in [0.15, 0.2) is 11.6 Å². The van der Waals surface area contributed by atoms with Crippen LogP contribution in [0.1, 0.15) is 0 Å². The van der Waals surface area contributed by atoms with Crippen molar-refractivity contribution in [3.05, 3.63) is 48.3 Å². The largest absolute Gasteiger partial charge is 0.407 e. The maximum Gasteiger partial charge on any atom is 0.407 e. The summed E-state index contributed by atoms with van der Waals surface area (Å²) in [4.78, 5) is -0.532. The van der Waals surface area contributed by atoms with E-state index in [0.717, 1.165) is 41.2 Å². The van der Waals surface area contributed by atoms with Crippen LogP contribution in [-0.2, 0) is 10.0 Å². The number of benzene rings is 1. The molecule has 2 aromatic rings. The summed E-state index contributed by atoms with van der Waals surface area (Å²) >= 11 is 0. The van der Waals surface area contributed by atoms with Gasteiger partial charge in [0.05, 0.1) is 6.61 Å². The number of halogens is 5. The van der Waals surface area contributed by atoms with Gasteiger partial charge in [-0.15, -0.1) is 0 Å². The predicted octanol–water partition coefficient (Wildman–Crippen LogP) is 1.96. The SMILES string of the molecule is O=S(=O)(NC(CO)C(F)(F)F)c1ccn(-c2ccc(F)c(F)c2)c1. The van der Waals surface area contributed by atoms with E-state index in [1.54, 1.807) is 0 Å². The third-order valence-electron chi connectivity index (χ3n) is 3.05. The average Bonchev–Trinajstić information content (AvgIpc) is 2.97. The van der Waals surface area contributed by atoms with Crippen molar-refractivity contribution >= 4 is 10.0 Å². The predicted molar refractivity (Wildman–Crippen MR) is 72.9 cm³/mol. The number of hydrogen-bond acceptors (Lipinski definition) is 3. The lowest BCUT2D eigenvalue weighted by molar-refractivity contribution is -0.158. The Hall–Kier alpha value is -1.98. The molecule has 5 nitrogen and oxygen atoms in total. The zero-order chi connectivity index (χ0) is 18.1. The Bertz CT molecular complexity index is 832. The number of nitrogens with zero attached hydrogens (tertiary/aromatic N) is 1. The monoisotopic (exact) mass is 370 g/mol. The molecule has 0 radical (unpaired) electrons. The lowest BCUT2D eigenvalue weighted by atomic mass is 10.3. The lowest BCUT2D eigenvalue weighted by Crippen LogP contribution is -2.47. The van der Waals surface area contributed by atoms with Crippen LogP contribution in [0.15, 0.2) is 41.6 Å². The van der Waals surface area contributed by atoms with Crippen molar-refractivity contribution in [3.8, 4) is 5.69 Å². The van der Waals surface area contributed by atoms with E-state index < -0.39 is 45.4 Å². The van der Waals surface area contributed by atoms with Crippen molar-refractivity contribution in [2.45, 2.75) is 17.1 Å². The van der Waals surface area contributed by atoms with Gasteiger partial charge in [-0.2, -0.15) is 17.9 Å². The number of alkyl halides is 3. The Morgan fingerprint density at radius 3 is 2.38 bits per heavy atom. The summed E-state index contributed by atoms with van der Waals surface area (Å²) in [5.74, 6) is -2.27. The first kappa shape index (κ1) is 18.4. The van der Waals surface area contributed by atoms with Gasteiger partial charge >= 0.3 is 6.18 Å². The molecule has 0 aliphatic heterocycles. The quantitative estimate of drug-likeness (QED) is 0.791. The summed E-state index contributed by atoms with van der Waals surface area (Å²) in [6.45, 7) is -1.47. The number of aliphatic hydroxyl groups is 1. The van der Waals surface area contributed by atoms with Crippen molar-refractivity contribution < 1.29 is 35.5 Å². The lowest BCUT2D eigenvalue weighted by Gasteiger charge is -2.18. The molecule has 1 aromatic heterocycles. The minimum absolute atomic E-state index is 0.0740. The molecule has 0 aliphatic carbocycles. The van der Waals surface area contributed by atoms with Crippen LogP contribution in [-0.4, -0.2) is 36.9 Å². The molecule has 0 amide bonds. The summed E-state index contributed by atoms with van der Waals surface area (Å²) in [5, 5.41) is 8.68. The van der Waals surface area contributed by atoms with E-state index in [9.17, 15) is 30.4 Å². The van der Waals surface area contributed by atoms with Crippen molar-refractivity contribution in [1.82, 2.24) is 9.29 Å². The topological polar surface area (TPSA) is 71.3 Å². The summed E-state index contributed by atoms with van der Waals surface area (Å²) in [7, 11) is -4.58. The standard InChI is InChI=1S/C13H11F5N2O3S/c14-10-2-1-8(5-11(10)15)20-4-3-9(6-20)24(22,23)19-12(7-21)13(16,17)18/h1-6,12,19,21H,7H2. The van der Waals surface area contributed by atoms with Gasteiger partial charge in [0.2, 0.25) is 10.0 Å². The van der Waals surface area contributed by atoms with Crippen LogP contribution in [0.3, 0.4) is 0 Å². The summed E-state index contributed by atoms with van der Waals surface area (Å²) < 4.78 is 90.0. The van der Waals surface area contributed by atoms with Crippen molar-refractivity contribution in [2.24, 2.45) is 0 Å². The molecule has 11 heteroatoms. The smallest absolute Gasteiger partial charge is 0.394 e. The molecule has 1 unspecified atom stereocenters. The first-order valence-corrected chi connectivity index (χ1v) is 7.86. The minimum atomic E-state index is -4.97. The molecule has 1 aromatic carbocycles. The Morgan fingerprint density at radius 2 is 1.83 bits per heavy atom. The Kier molecular flexibility index (Phi) is 4.97. The van der Waals surface area contributed by atoms with Crippen LogP contribution in [0.25, 0.3) is 5.69 Å². The highest BCUT2D eigenvalue weighted by Crippen LogP contribution is 2.23. The summed E-state index contributed by atoms with van der Waals surface area (Å²) in [6, 6.07) is 1.10. The van der Waals surface area contributed by atoms with E-state index in [0.29, 0.717) is 0 Å². The minimum Gasteiger partial charge on any atom is -0.394 e. The first-order chi connectivity index (χ1) is 11.0. The normalized spacial score (nSPS) is 13.9. The van der Waals surface area contributed by atoms with E-state index in [1.807, 2.05) is 0 Å². The van der Waals surface area contributed by atoms with E-state index in [1.165, 1.54) is 4.72 Å². The highest BCUT2D eigenvalue weighted by Gasteiger charge is 2.42. The van der Waals surface area contributed by atoms with E-state index in [2.05, 4.69) is 0 Å². The highest BCUT2D eigenvalue weighted by atomic mass is 32.2. The third kappa shape index (κ3) is 3.91. The maximum absolute atomic E-state index is 13.2. The zero-order valence-corrected chi connectivity index (χ0v) is 12.6. The number of aliphatic hydroxyl groups excluding tert-OH is 1. The van der Waals surface area contributed by atoms with Crippen LogP contribution in [0.4, 0.5) is 22.0 Å². The molecule has 1 heterocycles. The van der Waals surface area contributed by atoms with Gasteiger partial charge in [-0.05, 0) is 18.2 Å². The van der Waals surface area contributed by atoms with Gasteiger partial charge in [0.25, 0.3) is 0 Å². The van der Waals surface area contributed by atoms with E-state index in [4.69, 9.17) is 5.11 Å². The fourth-order valence-corrected chi connectivity index (χ4v) is 3.02. The van der Waals surface area contributed by atoms with Gasteiger partial charge in [0.1, 0.15) is 10.9 Å². The van der Waals surface area contributed by atoms with Gasteiger partial charge in [-0.3, -0.25) is 0 Å². The molecular formula is C13H11F5N2O3S. The Morgan fingerprint density at radius 1 is 1.17 bits per heavy atom. The van der Waals surface area contributed by atoms with Crippen molar-refractivity contribution in [2.75, 3.05) is 6.61 Å². The maximum atomic E-state index is 13.2. The number of hydrogen-bond donors (Lipinski definition) is 2. The van der Waals surface area contributed by atoms with Gasteiger partial charge in [-0.1, -0.05) is 0 Å². The van der Waals surface area contributed by atoms with Crippen LogP contribution in [0.2, 0.25) is 0 Å². The Labute approximate surface area is 133 Å². The highest BCUT2D eigenvalue weighted by molar-refractivity contribution is 7.89. The molecular weight excluding hydrogens is 359 g/mol. The van der Waals surface area contributed by atoms with E-state index >= 15 is 0 Å². The van der Waals surface area contributed by atoms with Crippen LogP contribution in [0, 0.1) is 11.6 Å². The number of sulfonamides is 1. The second-order valence-corrected chi connectivity index (χ2v) is 6.46. The zero-order valence-electron chi connectivity index (χ0n) is 11.8. The number of aromatic nitrogens is 1. The molecule has 2 N–H and O–H groups in total. The average molecular weight is 370 g/mol. The fraction of sp³-hybridized carbons (Fsp3) is 0.231. The molecule has 0 aliphatic rings. The molecule has 0 saturated heterocycles. The molecule has 0 bridgehead atoms. The van der Waals surface area contributed by atoms with Gasteiger partial charge < -0.3 is 9.67 Å². The molecule has 132 valence electrons. The fourth-order valence-electron chi connectivity index (χ4n) is 1.81. The third-order valence-corrected chi connectivity index (χ3v) is 4.51. The molecule has 0 spiro atoms. The van der Waals surface area contributed by atoms with Gasteiger partial charge in [0, 0.05) is 24.1 Å². The molecule has 1 atom stereocenters. The molecule has 2 rings (SSSR count). The van der Waals surface area contributed by atoms with Gasteiger partial charge in [-0.25, -0.2) is 17.2 Å². The van der Waals surface area contributed by atoms with Crippen LogP contribution < -0.4 is 4.72 Å². The van der Waals surface area contributed by atoms with E-state index in [-0.39, 0.29) is 5.69 Å². The van der Waals surface area contributed by atoms with Crippen LogP contribution in [0.5, 0.6) is 0 Å². The second-order valence-electron chi connectivity index (χ2n) is 4.75. The molecule has 24 heavy (non-hydrogen) atoms.